The van der Waals surface area contributed by atoms with E-state index in [0.29, 0.717) is 17.4 Å². The molecule has 0 bridgehead atoms. The fourth-order valence-electron chi connectivity index (χ4n) is 5.03. The number of likely N-dealkylation sites (N-methyl/N-ethyl adjacent to an activating group) is 1. The first-order valence-electron chi connectivity index (χ1n) is 12.8. The highest BCUT2D eigenvalue weighted by Crippen LogP contribution is 2.28. The van der Waals surface area contributed by atoms with Crippen molar-refractivity contribution in [3.8, 4) is 0 Å². The molecule has 188 valence electrons. The van der Waals surface area contributed by atoms with E-state index in [1.807, 2.05) is 48.3 Å². The van der Waals surface area contributed by atoms with Crippen molar-refractivity contribution in [1.82, 2.24) is 9.80 Å². The lowest BCUT2D eigenvalue weighted by molar-refractivity contribution is -0.129. The van der Waals surface area contributed by atoms with E-state index in [1.165, 1.54) is 36.7 Å². The van der Waals surface area contributed by atoms with Gasteiger partial charge in [-0.1, -0.05) is 31.4 Å². The molecule has 2 aromatic rings. The molecule has 1 saturated carbocycles. The number of piperazine rings is 1. The van der Waals surface area contributed by atoms with Crippen LogP contribution in [-0.4, -0.2) is 73.7 Å². The van der Waals surface area contributed by atoms with Gasteiger partial charge in [-0.25, -0.2) is 0 Å². The van der Waals surface area contributed by atoms with Gasteiger partial charge in [0.2, 0.25) is 5.91 Å². The van der Waals surface area contributed by atoms with Gasteiger partial charge in [0.05, 0.1) is 11.3 Å². The maximum absolute atomic E-state index is 13.2. The largest absolute Gasteiger partial charge is 0.369 e. The highest BCUT2D eigenvalue weighted by molar-refractivity contribution is 8.00. The van der Waals surface area contributed by atoms with Gasteiger partial charge in [0.25, 0.3) is 5.91 Å². The predicted octanol–water partition coefficient (Wildman–Crippen LogP) is 4.88. The normalized spacial score (nSPS) is 17.3. The third-order valence-corrected chi connectivity index (χ3v) is 8.36. The van der Waals surface area contributed by atoms with Crippen molar-refractivity contribution in [3.05, 3.63) is 53.6 Å². The lowest BCUT2D eigenvalue weighted by atomic mass is 9.94. The van der Waals surface area contributed by atoms with E-state index < -0.39 is 0 Å². The molecule has 0 aromatic heterocycles. The zero-order valence-electron chi connectivity index (χ0n) is 21.3. The summed E-state index contributed by atoms with van der Waals surface area (Å²) in [6.45, 7) is 6.25. The molecule has 1 N–H and O–H groups in total. The van der Waals surface area contributed by atoms with Gasteiger partial charge in [-0.3, -0.25) is 9.59 Å². The Bertz CT molecular complexity index is 1030. The second-order valence-corrected chi connectivity index (χ2v) is 10.8. The second kappa shape index (κ2) is 12.0. The lowest BCUT2D eigenvalue weighted by Crippen LogP contribution is -2.44. The van der Waals surface area contributed by atoms with Crippen LogP contribution in [0.1, 0.15) is 48.0 Å². The van der Waals surface area contributed by atoms with Crippen molar-refractivity contribution < 1.29 is 9.59 Å². The average Bonchev–Trinajstić information content (AvgIpc) is 2.88. The van der Waals surface area contributed by atoms with Gasteiger partial charge in [0.15, 0.2) is 0 Å². The molecule has 35 heavy (non-hydrogen) atoms. The zero-order chi connectivity index (χ0) is 24.8. The molecule has 0 radical (unpaired) electrons. The first-order chi connectivity index (χ1) is 16.9. The topological polar surface area (TPSA) is 55.9 Å². The van der Waals surface area contributed by atoms with Crippen LogP contribution in [0.3, 0.4) is 0 Å². The molecular formula is C28H38N4O2S. The summed E-state index contributed by atoms with van der Waals surface area (Å²) in [6, 6.07) is 14.0. The summed E-state index contributed by atoms with van der Waals surface area (Å²) in [5.41, 5.74) is 3.78. The number of amides is 2. The molecule has 2 amide bonds. The van der Waals surface area contributed by atoms with E-state index >= 15 is 0 Å². The van der Waals surface area contributed by atoms with Gasteiger partial charge >= 0.3 is 0 Å². The van der Waals surface area contributed by atoms with Crippen LogP contribution in [0.25, 0.3) is 0 Å². The molecular weight excluding hydrogens is 456 g/mol. The van der Waals surface area contributed by atoms with Crippen molar-refractivity contribution >= 4 is 35.0 Å². The van der Waals surface area contributed by atoms with E-state index in [0.717, 1.165) is 55.2 Å². The number of carbonyl (C=O) groups is 2. The Labute approximate surface area is 214 Å². The smallest absolute Gasteiger partial charge is 0.256 e. The monoisotopic (exact) mass is 494 g/mol. The summed E-state index contributed by atoms with van der Waals surface area (Å²) in [6.07, 6.45) is 5.87. The molecule has 4 rings (SSSR count). The summed E-state index contributed by atoms with van der Waals surface area (Å²) in [5, 5.41) is 3.06. The van der Waals surface area contributed by atoms with Crippen LogP contribution >= 0.6 is 11.8 Å². The summed E-state index contributed by atoms with van der Waals surface area (Å²) in [7, 11) is 4.08. The summed E-state index contributed by atoms with van der Waals surface area (Å²) >= 11 is 1.45. The first kappa shape index (κ1) is 25.6. The van der Waals surface area contributed by atoms with Gasteiger partial charge in [-0.15, -0.1) is 11.8 Å². The Hall–Kier alpha value is -2.51. The quantitative estimate of drug-likeness (QED) is 0.556. The zero-order valence-corrected chi connectivity index (χ0v) is 22.1. The number of carbonyl (C=O) groups excluding carboxylic acids is 2. The van der Waals surface area contributed by atoms with E-state index in [1.54, 1.807) is 0 Å². The Kier molecular flexibility index (Phi) is 8.74. The van der Waals surface area contributed by atoms with Crippen molar-refractivity contribution in [1.29, 1.82) is 0 Å². The molecule has 2 aromatic carbocycles. The van der Waals surface area contributed by atoms with Gasteiger partial charge in [0, 0.05) is 55.5 Å². The van der Waals surface area contributed by atoms with Crippen molar-refractivity contribution in [2.24, 2.45) is 0 Å². The van der Waals surface area contributed by atoms with Crippen LogP contribution in [0, 0.1) is 6.92 Å². The number of nitrogens with one attached hydrogen (secondary N) is 1. The van der Waals surface area contributed by atoms with Crippen LogP contribution in [0.4, 0.5) is 11.4 Å². The molecule has 1 heterocycles. The minimum Gasteiger partial charge on any atom is -0.369 e. The van der Waals surface area contributed by atoms with Crippen LogP contribution < -0.4 is 10.2 Å². The number of benzene rings is 2. The summed E-state index contributed by atoms with van der Waals surface area (Å²) < 4.78 is 0. The van der Waals surface area contributed by atoms with E-state index in [-0.39, 0.29) is 11.8 Å². The second-order valence-electron chi connectivity index (χ2n) is 9.83. The average molecular weight is 495 g/mol. The number of hydrogen-bond acceptors (Lipinski definition) is 5. The maximum atomic E-state index is 13.2. The Balaban J connectivity index is 1.37. The third-order valence-electron chi connectivity index (χ3n) is 7.30. The molecule has 0 atom stereocenters. The van der Waals surface area contributed by atoms with Crippen molar-refractivity contribution in [2.75, 3.05) is 56.2 Å². The van der Waals surface area contributed by atoms with Crippen molar-refractivity contribution in [3.63, 3.8) is 0 Å². The Morgan fingerprint density at radius 3 is 2.46 bits per heavy atom. The number of anilines is 2. The molecule has 2 aliphatic rings. The molecule has 1 aliphatic carbocycles. The molecule has 6 nitrogen and oxygen atoms in total. The fraction of sp³-hybridized carbons (Fsp3) is 0.500. The standard InChI is InChI=1S/C28H38N4O2S/c1-21-19-22(13-14-25(21)32-17-15-30(2)16-18-32)29-28(34)24-11-7-8-12-26(24)35-20-27(33)31(3)23-9-5-4-6-10-23/h7-8,11-14,19,23H,4-6,9-10,15-18,20H2,1-3H3,(H,29,34). The molecule has 1 saturated heterocycles. The Morgan fingerprint density at radius 2 is 1.74 bits per heavy atom. The minimum absolute atomic E-state index is 0.132. The van der Waals surface area contributed by atoms with Crippen molar-refractivity contribution in [2.45, 2.75) is 50.0 Å². The van der Waals surface area contributed by atoms with Crippen LogP contribution in [0.15, 0.2) is 47.4 Å². The van der Waals surface area contributed by atoms with Gasteiger partial charge < -0.3 is 20.0 Å². The number of nitrogens with zero attached hydrogens (tertiary/aromatic N) is 3. The van der Waals surface area contributed by atoms with E-state index in [9.17, 15) is 9.59 Å². The van der Waals surface area contributed by atoms with Gasteiger partial charge in [-0.2, -0.15) is 0 Å². The summed E-state index contributed by atoms with van der Waals surface area (Å²) in [5.74, 6) is 0.330. The van der Waals surface area contributed by atoms with E-state index in [4.69, 9.17) is 0 Å². The number of thioether (sulfide) groups is 1. The summed E-state index contributed by atoms with van der Waals surface area (Å²) in [4.78, 5) is 33.5. The lowest BCUT2D eigenvalue weighted by Gasteiger charge is -2.35. The third kappa shape index (κ3) is 6.58. The van der Waals surface area contributed by atoms with Crippen LogP contribution in [0.2, 0.25) is 0 Å². The molecule has 2 fully saturated rings. The Morgan fingerprint density at radius 1 is 1.03 bits per heavy atom. The first-order valence-corrected chi connectivity index (χ1v) is 13.7. The highest BCUT2D eigenvalue weighted by atomic mass is 32.2. The molecule has 0 spiro atoms. The van der Waals surface area contributed by atoms with Crippen LogP contribution in [-0.2, 0) is 4.79 Å². The number of aryl methyl sites for hydroxylation is 1. The number of rotatable bonds is 7. The maximum Gasteiger partial charge on any atom is 0.256 e. The van der Waals surface area contributed by atoms with E-state index in [2.05, 4.69) is 35.2 Å². The number of hydrogen-bond donors (Lipinski definition) is 1. The SMILES string of the molecule is Cc1cc(NC(=O)c2ccccc2SCC(=O)N(C)C2CCCCC2)ccc1N1CCN(C)CC1. The molecule has 7 heteroatoms. The van der Waals surface area contributed by atoms with Crippen LogP contribution in [0.5, 0.6) is 0 Å². The molecule has 1 aliphatic heterocycles. The van der Waals surface area contributed by atoms with Gasteiger partial charge in [0.1, 0.15) is 0 Å². The predicted molar refractivity (Wildman–Crippen MR) is 146 cm³/mol. The highest BCUT2D eigenvalue weighted by Gasteiger charge is 2.23. The van der Waals surface area contributed by atoms with Gasteiger partial charge in [-0.05, 0) is 62.7 Å². The minimum atomic E-state index is -0.145. The molecule has 0 unspecified atom stereocenters. The fourth-order valence-corrected chi connectivity index (χ4v) is 6.00.